The minimum atomic E-state index is -0.763. The summed E-state index contributed by atoms with van der Waals surface area (Å²) >= 11 is 0. The fourth-order valence-electron chi connectivity index (χ4n) is 3.65. The second kappa shape index (κ2) is 6.80. The van der Waals surface area contributed by atoms with Crippen molar-refractivity contribution in [2.45, 2.75) is 13.0 Å². The Kier molecular flexibility index (Phi) is 4.41. The van der Waals surface area contributed by atoms with Crippen molar-refractivity contribution >= 4 is 11.0 Å². The molecule has 2 heterocycles. The van der Waals surface area contributed by atoms with E-state index in [1.165, 1.54) is 13.2 Å². The maximum Gasteiger partial charge on any atom is 0.328 e. The minimum absolute atomic E-state index is 0.0566. The number of aromatic nitrogens is 4. The van der Waals surface area contributed by atoms with E-state index in [1.807, 2.05) is 25.1 Å². The van der Waals surface area contributed by atoms with Crippen LogP contribution in [0.5, 0.6) is 11.5 Å². The molecule has 7 nitrogen and oxygen atoms in total. The number of rotatable bonds is 4. The van der Waals surface area contributed by atoms with Gasteiger partial charge in [-0.2, -0.15) is 5.10 Å². The smallest absolute Gasteiger partial charge is 0.328 e. The molecule has 0 spiro atoms. The van der Waals surface area contributed by atoms with Gasteiger partial charge in [-0.15, -0.1) is 0 Å². The number of halogens is 1. The van der Waals surface area contributed by atoms with Crippen LogP contribution in [-0.4, -0.2) is 31.1 Å². The van der Waals surface area contributed by atoms with Crippen LogP contribution >= 0.6 is 0 Å². The van der Waals surface area contributed by atoms with E-state index in [1.54, 1.807) is 46.2 Å². The molecule has 0 radical (unpaired) electrons. The first kappa shape index (κ1) is 18.8. The molecule has 0 saturated carbocycles. The standard InChI is InChI=1S/C21H21FN4O3/c1-12(13-5-6-17-18(10-13)25(3)21(28)24(17)2)26-16(7-8-23-26)14-9-15(22)20(27)19(11-14)29-4/h5-12,27H,1-4H3/t12-/m1/s1. The van der Waals surface area contributed by atoms with E-state index >= 15 is 0 Å². The topological polar surface area (TPSA) is 74.2 Å². The molecule has 0 amide bonds. The van der Waals surface area contributed by atoms with E-state index < -0.39 is 11.6 Å². The summed E-state index contributed by atoms with van der Waals surface area (Å²) in [5.41, 5.74) is 3.75. The first-order valence-corrected chi connectivity index (χ1v) is 9.09. The summed E-state index contributed by atoms with van der Waals surface area (Å²) in [4.78, 5) is 12.2. The number of fused-ring (bicyclic) bond motifs is 1. The largest absolute Gasteiger partial charge is 0.502 e. The Labute approximate surface area is 166 Å². The maximum absolute atomic E-state index is 14.1. The quantitative estimate of drug-likeness (QED) is 0.575. The number of phenols is 1. The van der Waals surface area contributed by atoms with Crippen LogP contribution in [0.25, 0.3) is 22.3 Å². The Morgan fingerprint density at radius 1 is 1.10 bits per heavy atom. The number of aryl methyl sites for hydroxylation is 2. The molecule has 150 valence electrons. The van der Waals surface area contributed by atoms with Crippen molar-refractivity contribution in [1.82, 2.24) is 18.9 Å². The van der Waals surface area contributed by atoms with E-state index in [0.29, 0.717) is 11.3 Å². The number of ether oxygens (including phenoxy) is 1. The van der Waals surface area contributed by atoms with Crippen LogP contribution < -0.4 is 10.4 Å². The highest BCUT2D eigenvalue weighted by Gasteiger charge is 2.19. The van der Waals surface area contributed by atoms with Crippen LogP contribution in [0.1, 0.15) is 18.5 Å². The molecule has 2 aromatic carbocycles. The molecule has 1 atom stereocenters. The van der Waals surface area contributed by atoms with Crippen LogP contribution in [0.2, 0.25) is 0 Å². The van der Waals surface area contributed by atoms with E-state index in [9.17, 15) is 14.3 Å². The van der Waals surface area contributed by atoms with Crippen LogP contribution in [0.15, 0.2) is 47.4 Å². The van der Waals surface area contributed by atoms with Gasteiger partial charge in [-0.1, -0.05) is 6.07 Å². The Balaban J connectivity index is 1.81. The van der Waals surface area contributed by atoms with Gasteiger partial charge in [-0.25, -0.2) is 9.18 Å². The molecule has 29 heavy (non-hydrogen) atoms. The van der Waals surface area contributed by atoms with E-state index in [4.69, 9.17) is 4.74 Å². The normalized spacial score (nSPS) is 12.4. The summed E-state index contributed by atoms with van der Waals surface area (Å²) in [5.74, 6) is -1.23. The van der Waals surface area contributed by atoms with Gasteiger partial charge < -0.3 is 9.84 Å². The summed E-state index contributed by atoms with van der Waals surface area (Å²) in [7, 11) is 4.85. The Hall–Kier alpha value is -3.55. The molecule has 2 aromatic heterocycles. The Morgan fingerprint density at radius 2 is 1.83 bits per heavy atom. The predicted molar refractivity (Wildman–Crippen MR) is 108 cm³/mol. The first-order valence-electron chi connectivity index (χ1n) is 9.09. The van der Waals surface area contributed by atoms with E-state index in [-0.39, 0.29) is 17.5 Å². The van der Waals surface area contributed by atoms with Crippen molar-refractivity contribution in [2.24, 2.45) is 14.1 Å². The fraction of sp³-hybridized carbons (Fsp3) is 0.238. The highest BCUT2D eigenvalue weighted by molar-refractivity contribution is 5.77. The van der Waals surface area contributed by atoms with Crippen molar-refractivity contribution in [1.29, 1.82) is 0 Å². The molecule has 4 aromatic rings. The minimum Gasteiger partial charge on any atom is -0.502 e. The number of aromatic hydroxyl groups is 1. The molecule has 8 heteroatoms. The van der Waals surface area contributed by atoms with Gasteiger partial charge in [0.1, 0.15) is 0 Å². The fourth-order valence-corrected chi connectivity index (χ4v) is 3.65. The lowest BCUT2D eigenvalue weighted by atomic mass is 10.1. The number of benzene rings is 2. The van der Waals surface area contributed by atoms with E-state index in [0.717, 1.165) is 16.6 Å². The molecular weight excluding hydrogens is 375 g/mol. The second-order valence-corrected chi connectivity index (χ2v) is 6.99. The third kappa shape index (κ3) is 2.88. The number of hydrogen-bond donors (Lipinski definition) is 1. The summed E-state index contributed by atoms with van der Waals surface area (Å²) < 4.78 is 24.2. The number of phenolic OH excluding ortho intramolecular Hbond substituents is 1. The molecule has 0 aliphatic heterocycles. The van der Waals surface area contributed by atoms with Gasteiger partial charge in [0.05, 0.1) is 29.9 Å². The molecule has 0 bridgehead atoms. The van der Waals surface area contributed by atoms with Crippen molar-refractivity contribution in [3.63, 3.8) is 0 Å². The zero-order chi connectivity index (χ0) is 20.9. The summed E-state index contributed by atoms with van der Waals surface area (Å²) in [6.45, 7) is 1.98. The predicted octanol–water partition coefficient (Wildman–Crippen LogP) is 3.20. The maximum atomic E-state index is 14.1. The van der Waals surface area contributed by atoms with Crippen molar-refractivity contribution in [2.75, 3.05) is 7.11 Å². The summed E-state index contributed by atoms with van der Waals surface area (Å²) in [6.07, 6.45) is 1.64. The zero-order valence-corrected chi connectivity index (χ0v) is 16.5. The Bertz CT molecular complexity index is 1290. The van der Waals surface area contributed by atoms with Crippen LogP contribution in [-0.2, 0) is 14.1 Å². The number of hydrogen-bond acceptors (Lipinski definition) is 4. The number of imidazole rings is 1. The second-order valence-electron chi connectivity index (χ2n) is 6.99. The number of methoxy groups -OCH3 is 1. The van der Waals surface area contributed by atoms with Crippen molar-refractivity contribution in [3.8, 4) is 22.8 Å². The molecule has 0 fully saturated rings. The summed E-state index contributed by atoms with van der Waals surface area (Å²) in [6, 6.07) is 10.3. The van der Waals surface area contributed by atoms with Crippen LogP contribution in [0, 0.1) is 5.82 Å². The van der Waals surface area contributed by atoms with Gasteiger partial charge in [0.2, 0.25) is 0 Å². The SMILES string of the molecule is COc1cc(-c2ccnn2[C@H](C)c2ccc3c(c2)n(C)c(=O)n3C)cc(F)c1O. The average Bonchev–Trinajstić information content (AvgIpc) is 3.29. The molecule has 4 rings (SSSR count). The zero-order valence-electron chi connectivity index (χ0n) is 16.5. The highest BCUT2D eigenvalue weighted by Crippen LogP contribution is 2.35. The Morgan fingerprint density at radius 3 is 2.55 bits per heavy atom. The average molecular weight is 396 g/mol. The first-order chi connectivity index (χ1) is 13.8. The monoisotopic (exact) mass is 396 g/mol. The number of nitrogens with zero attached hydrogens (tertiary/aromatic N) is 4. The van der Waals surface area contributed by atoms with Gasteiger partial charge in [0.15, 0.2) is 17.3 Å². The molecular formula is C21H21FN4O3. The van der Waals surface area contributed by atoms with Crippen LogP contribution in [0.4, 0.5) is 4.39 Å². The lowest BCUT2D eigenvalue weighted by Gasteiger charge is -2.17. The molecule has 0 saturated heterocycles. The molecule has 0 aliphatic carbocycles. The van der Waals surface area contributed by atoms with Gasteiger partial charge in [0, 0.05) is 25.9 Å². The highest BCUT2D eigenvalue weighted by atomic mass is 19.1. The molecule has 0 unspecified atom stereocenters. The van der Waals surface area contributed by atoms with Crippen molar-refractivity contribution in [3.05, 3.63) is 64.5 Å². The van der Waals surface area contributed by atoms with E-state index in [2.05, 4.69) is 5.10 Å². The third-order valence-electron chi connectivity index (χ3n) is 5.36. The van der Waals surface area contributed by atoms with Gasteiger partial charge in [-0.05, 0) is 42.8 Å². The van der Waals surface area contributed by atoms with Crippen LogP contribution in [0.3, 0.4) is 0 Å². The summed E-state index contributed by atoms with van der Waals surface area (Å²) in [5, 5.41) is 14.2. The third-order valence-corrected chi connectivity index (χ3v) is 5.36. The van der Waals surface area contributed by atoms with Crippen molar-refractivity contribution < 1.29 is 14.2 Å². The van der Waals surface area contributed by atoms with Gasteiger partial charge >= 0.3 is 5.69 Å². The molecule has 1 N–H and O–H groups in total. The van der Waals surface area contributed by atoms with Gasteiger partial charge in [-0.3, -0.25) is 13.8 Å². The van der Waals surface area contributed by atoms with Gasteiger partial charge in [0.25, 0.3) is 0 Å². The molecule has 0 aliphatic rings. The lowest BCUT2D eigenvalue weighted by Crippen LogP contribution is -2.19. The lowest BCUT2D eigenvalue weighted by molar-refractivity contribution is 0.357.